The second kappa shape index (κ2) is 9.85. The van der Waals surface area contributed by atoms with Crippen LogP contribution in [0.2, 0.25) is 0 Å². The molecule has 1 rings (SSSR count). The molecule has 21 heavy (non-hydrogen) atoms. The molecule has 0 heterocycles. The molecule has 4 heteroatoms. The quantitative estimate of drug-likeness (QED) is 0.493. The summed E-state index contributed by atoms with van der Waals surface area (Å²) in [6.45, 7) is 10.6. The summed E-state index contributed by atoms with van der Waals surface area (Å²) in [6.07, 6.45) is 3.81. The standard InChI is InChI=1S/C17H26BrNO2/c1-5-6-7-8-21-17-15(18)9-14(10-16(17)20-4)12-19-11-13(2)3/h5,9-10,13,19H,1,6-8,11-12H2,2-4H3. The summed E-state index contributed by atoms with van der Waals surface area (Å²) in [6, 6.07) is 4.11. The van der Waals surface area contributed by atoms with Crippen molar-refractivity contribution in [2.45, 2.75) is 33.2 Å². The number of methoxy groups -OCH3 is 1. The van der Waals surface area contributed by atoms with Gasteiger partial charge in [0.2, 0.25) is 0 Å². The van der Waals surface area contributed by atoms with Gasteiger partial charge in [-0.25, -0.2) is 0 Å². The Balaban J connectivity index is 2.69. The van der Waals surface area contributed by atoms with Crippen LogP contribution in [0.25, 0.3) is 0 Å². The average molecular weight is 356 g/mol. The van der Waals surface area contributed by atoms with Crippen molar-refractivity contribution in [1.82, 2.24) is 5.32 Å². The minimum atomic E-state index is 0.641. The van der Waals surface area contributed by atoms with Gasteiger partial charge in [-0.3, -0.25) is 0 Å². The maximum atomic E-state index is 5.82. The number of rotatable bonds is 10. The first kappa shape index (κ1) is 18.1. The Labute approximate surface area is 136 Å². The van der Waals surface area contributed by atoms with Crippen molar-refractivity contribution < 1.29 is 9.47 Å². The predicted molar refractivity (Wildman–Crippen MR) is 92.2 cm³/mol. The lowest BCUT2D eigenvalue weighted by Gasteiger charge is -2.15. The third kappa shape index (κ3) is 6.53. The lowest BCUT2D eigenvalue weighted by Crippen LogP contribution is -2.19. The number of nitrogens with one attached hydrogen (secondary N) is 1. The van der Waals surface area contributed by atoms with Crippen molar-refractivity contribution in [3.8, 4) is 11.5 Å². The van der Waals surface area contributed by atoms with Crippen LogP contribution in [0.15, 0.2) is 29.3 Å². The Kier molecular flexibility index (Phi) is 8.47. The summed E-state index contributed by atoms with van der Waals surface area (Å²) in [7, 11) is 1.67. The molecule has 0 amide bonds. The van der Waals surface area contributed by atoms with E-state index in [1.165, 1.54) is 5.56 Å². The molecule has 0 aliphatic carbocycles. The lowest BCUT2D eigenvalue weighted by atomic mass is 10.1. The molecule has 0 saturated carbocycles. The van der Waals surface area contributed by atoms with Crippen molar-refractivity contribution in [1.29, 1.82) is 0 Å². The van der Waals surface area contributed by atoms with Crippen LogP contribution in [-0.2, 0) is 6.54 Å². The van der Waals surface area contributed by atoms with Crippen LogP contribution >= 0.6 is 15.9 Å². The molecule has 0 bridgehead atoms. The van der Waals surface area contributed by atoms with E-state index < -0.39 is 0 Å². The second-order valence-electron chi connectivity index (χ2n) is 5.41. The van der Waals surface area contributed by atoms with Crippen LogP contribution in [0.4, 0.5) is 0 Å². The van der Waals surface area contributed by atoms with Gasteiger partial charge in [-0.15, -0.1) is 6.58 Å². The summed E-state index contributed by atoms with van der Waals surface area (Å²) in [5.41, 5.74) is 1.18. The third-order valence-corrected chi connectivity index (χ3v) is 3.56. The smallest absolute Gasteiger partial charge is 0.175 e. The number of unbranched alkanes of at least 4 members (excludes halogenated alkanes) is 1. The molecule has 0 aliphatic rings. The zero-order chi connectivity index (χ0) is 15.7. The molecule has 0 fully saturated rings. The molecule has 0 atom stereocenters. The molecule has 0 aliphatic heterocycles. The Morgan fingerprint density at radius 3 is 2.76 bits per heavy atom. The van der Waals surface area contributed by atoms with Crippen LogP contribution in [0.1, 0.15) is 32.3 Å². The van der Waals surface area contributed by atoms with Crippen LogP contribution in [0.3, 0.4) is 0 Å². The van der Waals surface area contributed by atoms with Crippen molar-refractivity contribution in [2.24, 2.45) is 5.92 Å². The first-order valence-corrected chi connectivity index (χ1v) is 8.18. The first-order valence-electron chi connectivity index (χ1n) is 7.39. The monoisotopic (exact) mass is 355 g/mol. The van der Waals surface area contributed by atoms with Crippen LogP contribution in [-0.4, -0.2) is 20.3 Å². The van der Waals surface area contributed by atoms with Crippen LogP contribution < -0.4 is 14.8 Å². The van der Waals surface area contributed by atoms with Gasteiger partial charge in [-0.1, -0.05) is 19.9 Å². The van der Waals surface area contributed by atoms with Crippen molar-refractivity contribution >= 4 is 15.9 Å². The molecule has 1 N–H and O–H groups in total. The lowest BCUT2D eigenvalue weighted by molar-refractivity contribution is 0.288. The van der Waals surface area contributed by atoms with E-state index in [-0.39, 0.29) is 0 Å². The molecule has 0 aromatic heterocycles. The highest BCUT2D eigenvalue weighted by Crippen LogP contribution is 2.36. The van der Waals surface area contributed by atoms with Gasteiger partial charge in [0.15, 0.2) is 11.5 Å². The summed E-state index contributed by atoms with van der Waals surface area (Å²) >= 11 is 3.58. The number of benzene rings is 1. The summed E-state index contributed by atoms with van der Waals surface area (Å²) in [5, 5.41) is 3.43. The molecule has 0 saturated heterocycles. The number of allylic oxidation sites excluding steroid dienone is 1. The van der Waals surface area contributed by atoms with Crippen molar-refractivity contribution in [3.63, 3.8) is 0 Å². The largest absolute Gasteiger partial charge is 0.493 e. The van der Waals surface area contributed by atoms with Crippen molar-refractivity contribution in [3.05, 3.63) is 34.8 Å². The Bertz CT molecular complexity index is 447. The maximum absolute atomic E-state index is 5.82. The highest BCUT2D eigenvalue weighted by Gasteiger charge is 2.11. The number of ether oxygens (including phenoxy) is 2. The topological polar surface area (TPSA) is 30.5 Å². The SMILES string of the molecule is C=CCCCOc1c(Br)cc(CNCC(C)C)cc1OC. The van der Waals surface area contributed by atoms with E-state index in [0.717, 1.165) is 41.9 Å². The molecule has 1 aromatic rings. The van der Waals surface area contributed by atoms with E-state index in [1.807, 2.05) is 12.1 Å². The summed E-state index contributed by atoms with van der Waals surface area (Å²) in [5.74, 6) is 2.18. The normalized spacial score (nSPS) is 10.7. The molecular weight excluding hydrogens is 330 g/mol. The molecule has 0 spiro atoms. The van der Waals surface area contributed by atoms with E-state index in [4.69, 9.17) is 9.47 Å². The van der Waals surface area contributed by atoms with Crippen LogP contribution in [0, 0.1) is 5.92 Å². The summed E-state index contributed by atoms with van der Waals surface area (Å²) in [4.78, 5) is 0. The first-order chi connectivity index (χ1) is 10.1. The molecular formula is C17H26BrNO2. The van der Waals surface area contributed by atoms with Gasteiger partial charge in [-0.05, 0) is 58.9 Å². The maximum Gasteiger partial charge on any atom is 0.175 e. The molecule has 118 valence electrons. The van der Waals surface area contributed by atoms with E-state index in [1.54, 1.807) is 7.11 Å². The highest BCUT2D eigenvalue weighted by molar-refractivity contribution is 9.10. The molecule has 0 unspecified atom stereocenters. The predicted octanol–water partition coefficient (Wildman–Crippen LogP) is 4.55. The number of hydrogen-bond acceptors (Lipinski definition) is 3. The van der Waals surface area contributed by atoms with Gasteiger partial charge in [0.05, 0.1) is 18.2 Å². The zero-order valence-electron chi connectivity index (χ0n) is 13.2. The average Bonchev–Trinajstić information content (AvgIpc) is 2.44. The number of halogens is 1. The minimum absolute atomic E-state index is 0.641. The van der Waals surface area contributed by atoms with Crippen molar-refractivity contribution in [2.75, 3.05) is 20.3 Å². The van der Waals surface area contributed by atoms with E-state index in [0.29, 0.717) is 12.5 Å². The third-order valence-electron chi connectivity index (χ3n) is 2.97. The molecule has 0 radical (unpaired) electrons. The van der Waals surface area contributed by atoms with E-state index >= 15 is 0 Å². The fourth-order valence-electron chi connectivity index (χ4n) is 1.92. The zero-order valence-corrected chi connectivity index (χ0v) is 14.8. The minimum Gasteiger partial charge on any atom is -0.493 e. The van der Waals surface area contributed by atoms with Crippen LogP contribution in [0.5, 0.6) is 11.5 Å². The van der Waals surface area contributed by atoms with E-state index in [9.17, 15) is 0 Å². The number of hydrogen-bond donors (Lipinski definition) is 1. The molecule has 1 aromatic carbocycles. The highest BCUT2D eigenvalue weighted by atomic mass is 79.9. The van der Waals surface area contributed by atoms with Gasteiger partial charge < -0.3 is 14.8 Å². The Morgan fingerprint density at radius 1 is 1.38 bits per heavy atom. The summed E-state index contributed by atoms with van der Waals surface area (Å²) < 4.78 is 12.2. The van der Waals surface area contributed by atoms with Gasteiger partial charge in [0, 0.05) is 6.54 Å². The Hall–Kier alpha value is -1.00. The second-order valence-corrected chi connectivity index (χ2v) is 6.27. The van der Waals surface area contributed by atoms with Gasteiger partial charge >= 0.3 is 0 Å². The van der Waals surface area contributed by atoms with Gasteiger partial charge in [0.1, 0.15) is 0 Å². The van der Waals surface area contributed by atoms with Gasteiger partial charge in [-0.2, -0.15) is 0 Å². The molecule has 3 nitrogen and oxygen atoms in total. The van der Waals surface area contributed by atoms with E-state index in [2.05, 4.69) is 47.7 Å². The fraction of sp³-hybridized carbons (Fsp3) is 0.529. The Morgan fingerprint density at radius 2 is 2.14 bits per heavy atom. The fourth-order valence-corrected chi connectivity index (χ4v) is 2.53. The van der Waals surface area contributed by atoms with Gasteiger partial charge in [0.25, 0.3) is 0 Å².